The summed E-state index contributed by atoms with van der Waals surface area (Å²) in [7, 11) is 0. The van der Waals surface area contributed by atoms with E-state index in [4.69, 9.17) is 0 Å². The summed E-state index contributed by atoms with van der Waals surface area (Å²) < 4.78 is 0. The number of rotatable bonds is 5. The van der Waals surface area contributed by atoms with Crippen molar-refractivity contribution in [2.24, 2.45) is 0 Å². The van der Waals surface area contributed by atoms with Gasteiger partial charge >= 0.3 is 0 Å². The van der Waals surface area contributed by atoms with E-state index in [2.05, 4.69) is 35.3 Å². The smallest absolute Gasteiger partial charge is 0.253 e. The highest BCUT2D eigenvalue weighted by Crippen LogP contribution is 2.28. The molecular weight excluding hydrogens is 320 g/mol. The van der Waals surface area contributed by atoms with Gasteiger partial charge in [0.1, 0.15) is 0 Å². The normalized spacial score (nSPS) is 28.0. The number of benzene rings is 1. The third kappa shape index (κ3) is 4.13. The molecule has 2 atom stereocenters. The van der Waals surface area contributed by atoms with Crippen molar-refractivity contribution in [3.8, 4) is 0 Å². The topological polar surface area (TPSA) is 52.6 Å². The molecule has 5 heteroatoms. The number of hydrogen-bond acceptors (Lipinski definition) is 4. The Labute approximate surface area is 149 Å². The Kier molecular flexibility index (Phi) is 5.85. The second kappa shape index (κ2) is 7.89. The first-order valence-corrected chi connectivity index (χ1v) is 10.1. The summed E-state index contributed by atoms with van der Waals surface area (Å²) in [6.45, 7) is 4.88. The molecule has 24 heavy (non-hydrogen) atoms. The average Bonchev–Trinajstić information content (AvgIpc) is 3.04. The lowest BCUT2D eigenvalue weighted by atomic mass is 10.00. The summed E-state index contributed by atoms with van der Waals surface area (Å²) in [4.78, 5) is 14.8. The lowest BCUT2D eigenvalue weighted by Gasteiger charge is -2.33. The first kappa shape index (κ1) is 17.8. The Bertz CT molecular complexity index is 572. The predicted octanol–water partition coefficient (Wildman–Crippen LogP) is 2.55. The summed E-state index contributed by atoms with van der Waals surface area (Å²) in [5, 5.41) is 13.3. The van der Waals surface area contributed by atoms with Gasteiger partial charge in [-0.05, 0) is 49.6 Å². The number of hydrogen-bond donors (Lipinski definition) is 2. The van der Waals surface area contributed by atoms with Gasteiger partial charge in [-0.3, -0.25) is 9.69 Å². The molecule has 2 heterocycles. The van der Waals surface area contributed by atoms with E-state index in [1.807, 2.05) is 6.07 Å². The molecule has 1 amide bonds. The molecule has 2 unspecified atom stereocenters. The molecule has 0 radical (unpaired) electrons. The van der Waals surface area contributed by atoms with Crippen LogP contribution < -0.4 is 5.32 Å². The molecule has 4 nitrogen and oxygen atoms in total. The highest BCUT2D eigenvalue weighted by molar-refractivity contribution is 7.99. The molecule has 2 saturated heterocycles. The molecule has 0 saturated carbocycles. The monoisotopic (exact) mass is 348 g/mol. The van der Waals surface area contributed by atoms with Crippen LogP contribution in [0.15, 0.2) is 24.3 Å². The van der Waals surface area contributed by atoms with Gasteiger partial charge in [0.15, 0.2) is 5.60 Å². The zero-order chi connectivity index (χ0) is 17.0. The Balaban J connectivity index is 1.62. The minimum atomic E-state index is -1.18. The van der Waals surface area contributed by atoms with Crippen molar-refractivity contribution in [2.75, 3.05) is 18.1 Å². The van der Waals surface area contributed by atoms with Crippen molar-refractivity contribution in [1.29, 1.82) is 0 Å². The molecule has 0 bridgehead atoms. The van der Waals surface area contributed by atoms with E-state index in [0.717, 1.165) is 24.4 Å². The summed E-state index contributed by atoms with van der Waals surface area (Å²) >= 11 is 1.64. The van der Waals surface area contributed by atoms with E-state index in [9.17, 15) is 9.90 Å². The third-order valence-electron chi connectivity index (χ3n) is 5.30. The number of aliphatic hydroxyl groups is 1. The van der Waals surface area contributed by atoms with E-state index in [0.29, 0.717) is 24.8 Å². The first-order chi connectivity index (χ1) is 11.6. The summed E-state index contributed by atoms with van der Waals surface area (Å²) in [5.74, 6) is 1.13. The van der Waals surface area contributed by atoms with Crippen molar-refractivity contribution in [1.82, 2.24) is 10.2 Å². The number of amides is 1. The fraction of sp³-hybridized carbons (Fsp3) is 0.632. The predicted molar refractivity (Wildman–Crippen MR) is 98.9 cm³/mol. The number of carbonyl (C=O) groups is 1. The largest absolute Gasteiger partial charge is 0.379 e. The second-order valence-electron chi connectivity index (χ2n) is 7.10. The first-order valence-electron chi connectivity index (χ1n) is 8.98. The Morgan fingerprint density at radius 2 is 2.17 bits per heavy atom. The van der Waals surface area contributed by atoms with Gasteiger partial charge in [-0.15, -0.1) is 0 Å². The van der Waals surface area contributed by atoms with Gasteiger partial charge in [-0.2, -0.15) is 11.8 Å². The molecule has 0 aromatic heterocycles. The number of nitrogens with one attached hydrogen (secondary N) is 1. The number of likely N-dealkylation sites (tertiary alicyclic amines) is 1. The van der Waals surface area contributed by atoms with Crippen molar-refractivity contribution in [3.63, 3.8) is 0 Å². The molecule has 2 aliphatic rings. The molecule has 3 rings (SSSR count). The van der Waals surface area contributed by atoms with Crippen LogP contribution in [0.5, 0.6) is 0 Å². The maximum Gasteiger partial charge on any atom is 0.253 e. The van der Waals surface area contributed by atoms with Crippen LogP contribution in [0, 0.1) is 0 Å². The van der Waals surface area contributed by atoms with Gasteiger partial charge < -0.3 is 10.4 Å². The molecular formula is C19H28N2O2S. The van der Waals surface area contributed by atoms with Gasteiger partial charge in [0.25, 0.3) is 5.91 Å². The summed E-state index contributed by atoms with van der Waals surface area (Å²) in [6.07, 6.45) is 4.42. The Morgan fingerprint density at radius 1 is 1.38 bits per heavy atom. The molecule has 132 valence electrons. The average molecular weight is 349 g/mol. The molecule has 1 aromatic carbocycles. The standard InChI is InChI=1S/C19H28N2O2S/c1-15-6-4-5-10-21(15)13-17-8-3-2-7-16(17)12-20-18(22)19(23)9-11-24-14-19/h2-3,7-8,15,23H,4-6,9-14H2,1H3,(H,20,22). The van der Waals surface area contributed by atoms with E-state index < -0.39 is 5.60 Å². The maximum atomic E-state index is 12.3. The fourth-order valence-corrected chi connectivity index (χ4v) is 4.81. The molecule has 1 aromatic rings. The van der Waals surface area contributed by atoms with Crippen LogP contribution in [0.3, 0.4) is 0 Å². The zero-order valence-corrected chi connectivity index (χ0v) is 15.3. The number of carbonyl (C=O) groups excluding carboxylic acids is 1. The van der Waals surface area contributed by atoms with Crippen LogP contribution in [-0.2, 0) is 17.9 Å². The number of piperidine rings is 1. The zero-order valence-electron chi connectivity index (χ0n) is 14.5. The Hall–Kier alpha value is -1.04. The highest BCUT2D eigenvalue weighted by Gasteiger charge is 2.39. The SMILES string of the molecule is CC1CCCCN1Cc1ccccc1CNC(=O)C1(O)CCSC1. The van der Waals surface area contributed by atoms with Gasteiger partial charge in [-0.25, -0.2) is 0 Å². The lowest BCUT2D eigenvalue weighted by Crippen LogP contribution is -2.46. The fourth-order valence-electron chi connectivity index (χ4n) is 3.57. The second-order valence-corrected chi connectivity index (χ2v) is 8.21. The van der Waals surface area contributed by atoms with Crippen LogP contribution in [0.2, 0.25) is 0 Å². The lowest BCUT2D eigenvalue weighted by molar-refractivity contribution is -0.137. The summed E-state index contributed by atoms with van der Waals surface area (Å²) in [6, 6.07) is 8.94. The van der Waals surface area contributed by atoms with Gasteiger partial charge in [0.05, 0.1) is 0 Å². The minimum absolute atomic E-state index is 0.228. The van der Waals surface area contributed by atoms with Crippen molar-refractivity contribution in [3.05, 3.63) is 35.4 Å². The van der Waals surface area contributed by atoms with Crippen LogP contribution in [0.1, 0.15) is 43.7 Å². The molecule has 2 fully saturated rings. The van der Waals surface area contributed by atoms with Crippen LogP contribution >= 0.6 is 11.8 Å². The molecule has 0 spiro atoms. The van der Waals surface area contributed by atoms with Gasteiger partial charge in [0, 0.05) is 24.9 Å². The maximum absolute atomic E-state index is 12.3. The van der Waals surface area contributed by atoms with Crippen molar-refractivity contribution in [2.45, 2.75) is 57.3 Å². The highest BCUT2D eigenvalue weighted by atomic mass is 32.2. The van der Waals surface area contributed by atoms with E-state index >= 15 is 0 Å². The van der Waals surface area contributed by atoms with Crippen LogP contribution in [0.4, 0.5) is 0 Å². The third-order valence-corrected chi connectivity index (χ3v) is 6.47. The quantitative estimate of drug-likeness (QED) is 0.859. The van der Waals surface area contributed by atoms with Gasteiger partial charge in [-0.1, -0.05) is 30.7 Å². The van der Waals surface area contributed by atoms with Crippen molar-refractivity contribution < 1.29 is 9.90 Å². The molecule has 2 N–H and O–H groups in total. The van der Waals surface area contributed by atoms with E-state index in [1.165, 1.54) is 24.8 Å². The van der Waals surface area contributed by atoms with Crippen molar-refractivity contribution >= 4 is 17.7 Å². The van der Waals surface area contributed by atoms with E-state index in [1.54, 1.807) is 11.8 Å². The van der Waals surface area contributed by atoms with Crippen LogP contribution in [-0.4, -0.2) is 45.6 Å². The number of nitrogens with zero attached hydrogens (tertiary/aromatic N) is 1. The molecule has 2 aliphatic heterocycles. The molecule has 0 aliphatic carbocycles. The minimum Gasteiger partial charge on any atom is -0.379 e. The summed E-state index contributed by atoms with van der Waals surface area (Å²) in [5.41, 5.74) is 1.25. The Morgan fingerprint density at radius 3 is 2.88 bits per heavy atom. The van der Waals surface area contributed by atoms with Gasteiger partial charge in [0.2, 0.25) is 0 Å². The number of thioether (sulfide) groups is 1. The van der Waals surface area contributed by atoms with Crippen LogP contribution in [0.25, 0.3) is 0 Å². The van der Waals surface area contributed by atoms with E-state index in [-0.39, 0.29) is 5.91 Å².